The van der Waals surface area contributed by atoms with Gasteiger partial charge in [-0.15, -0.1) is 0 Å². The van der Waals surface area contributed by atoms with Gasteiger partial charge in [0.25, 0.3) is 0 Å². The maximum atomic E-state index is 12.5. The number of hydrogen-bond donors (Lipinski definition) is 2. The number of benzene rings is 1. The summed E-state index contributed by atoms with van der Waals surface area (Å²) in [5.74, 6) is -0.234. The van der Waals surface area contributed by atoms with Gasteiger partial charge in [-0.1, -0.05) is 12.1 Å². The summed E-state index contributed by atoms with van der Waals surface area (Å²) in [4.78, 5) is 43.4. The van der Waals surface area contributed by atoms with E-state index in [4.69, 9.17) is 0 Å². The lowest BCUT2D eigenvalue weighted by atomic mass is 10.0. The predicted octanol–water partition coefficient (Wildman–Crippen LogP) is 1.34. The lowest BCUT2D eigenvalue weighted by molar-refractivity contribution is -0.136. The number of aromatic amines is 1. The van der Waals surface area contributed by atoms with Crippen molar-refractivity contribution in [2.45, 2.75) is 45.2 Å². The molecule has 1 fully saturated rings. The summed E-state index contributed by atoms with van der Waals surface area (Å²) in [5.41, 5.74) is 1.38. The Morgan fingerprint density at radius 2 is 1.86 bits per heavy atom. The fraction of sp³-hybridized carbons (Fsp3) is 0.571. The van der Waals surface area contributed by atoms with E-state index >= 15 is 0 Å². The van der Waals surface area contributed by atoms with Crippen molar-refractivity contribution in [3.8, 4) is 0 Å². The minimum Gasteiger partial charge on any atom is -0.350 e. The summed E-state index contributed by atoms with van der Waals surface area (Å²) >= 11 is 0. The molecule has 0 aliphatic carbocycles. The van der Waals surface area contributed by atoms with Gasteiger partial charge in [0.1, 0.15) is 0 Å². The van der Waals surface area contributed by atoms with Crippen LogP contribution in [0.15, 0.2) is 29.1 Å². The summed E-state index contributed by atoms with van der Waals surface area (Å²) in [6.45, 7) is 7.56. The molecule has 1 aromatic carbocycles. The molecule has 0 spiro atoms. The quantitative estimate of drug-likeness (QED) is 0.791. The monoisotopic (exact) mass is 401 g/mol. The van der Waals surface area contributed by atoms with Crippen LogP contribution in [0.25, 0.3) is 11.0 Å². The van der Waals surface area contributed by atoms with Crippen molar-refractivity contribution in [2.75, 3.05) is 33.2 Å². The van der Waals surface area contributed by atoms with Gasteiger partial charge in [0.15, 0.2) is 0 Å². The molecule has 1 saturated heterocycles. The zero-order chi connectivity index (χ0) is 21.2. The zero-order valence-corrected chi connectivity index (χ0v) is 17.7. The average molecular weight is 402 g/mol. The first-order valence-electron chi connectivity index (χ1n) is 10.1. The Morgan fingerprint density at radius 3 is 2.52 bits per heavy atom. The number of aromatic nitrogens is 2. The lowest BCUT2D eigenvalue weighted by Crippen LogP contribution is -2.48. The van der Waals surface area contributed by atoms with Crippen LogP contribution in [0.1, 0.15) is 39.7 Å². The molecule has 1 aliphatic rings. The Hall–Kier alpha value is -2.61. The number of imidazole rings is 1. The van der Waals surface area contributed by atoms with Crippen LogP contribution >= 0.6 is 0 Å². The number of piperidine rings is 1. The van der Waals surface area contributed by atoms with Crippen molar-refractivity contribution in [1.82, 2.24) is 24.7 Å². The van der Waals surface area contributed by atoms with Crippen molar-refractivity contribution in [3.05, 3.63) is 34.7 Å². The third-order valence-corrected chi connectivity index (χ3v) is 5.23. The Balaban J connectivity index is 1.53. The molecule has 8 nitrogen and oxygen atoms in total. The Morgan fingerprint density at radius 1 is 1.21 bits per heavy atom. The van der Waals surface area contributed by atoms with E-state index in [0.29, 0.717) is 0 Å². The molecule has 8 heteroatoms. The summed E-state index contributed by atoms with van der Waals surface area (Å²) in [7, 11) is 1.66. The zero-order valence-electron chi connectivity index (χ0n) is 17.7. The predicted molar refractivity (Wildman–Crippen MR) is 113 cm³/mol. The molecular weight excluding hydrogens is 370 g/mol. The van der Waals surface area contributed by atoms with E-state index in [9.17, 15) is 14.4 Å². The van der Waals surface area contributed by atoms with E-state index in [1.807, 2.05) is 49.6 Å². The highest BCUT2D eigenvalue weighted by atomic mass is 16.2. The number of hydrogen-bond acceptors (Lipinski definition) is 4. The summed E-state index contributed by atoms with van der Waals surface area (Å²) in [6.07, 6.45) is 1.62. The fourth-order valence-electron chi connectivity index (χ4n) is 3.85. The Kier molecular flexibility index (Phi) is 6.12. The van der Waals surface area contributed by atoms with Crippen molar-refractivity contribution in [3.63, 3.8) is 0 Å². The fourth-order valence-corrected chi connectivity index (χ4v) is 3.85. The minimum atomic E-state index is -0.316. The molecule has 0 atom stereocenters. The van der Waals surface area contributed by atoms with Crippen LogP contribution in [0.4, 0.5) is 0 Å². The average Bonchev–Trinajstić information content (AvgIpc) is 2.96. The summed E-state index contributed by atoms with van der Waals surface area (Å²) in [6, 6.07) is 7.84. The van der Waals surface area contributed by atoms with Crippen molar-refractivity contribution >= 4 is 22.8 Å². The van der Waals surface area contributed by atoms with Crippen molar-refractivity contribution in [1.29, 1.82) is 0 Å². The van der Waals surface area contributed by atoms with Gasteiger partial charge in [-0.3, -0.25) is 19.1 Å². The molecule has 1 aromatic heterocycles. The molecular formula is C21H31N5O3. The third-order valence-electron chi connectivity index (χ3n) is 5.23. The van der Waals surface area contributed by atoms with Crippen LogP contribution in [-0.2, 0) is 9.59 Å². The first-order chi connectivity index (χ1) is 13.6. The molecule has 2 N–H and O–H groups in total. The normalized spacial score (nSPS) is 16.1. The van der Waals surface area contributed by atoms with Gasteiger partial charge in [0.2, 0.25) is 11.8 Å². The second kappa shape index (κ2) is 8.41. The van der Waals surface area contributed by atoms with E-state index in [1.54, 1.807) is 7.05 Å². The van der Waals surface area contributed by atoms with E-state index in [1.165, 1.54) is 4.90 Å². The Bertz CT molecular complexity index is 932. The second-order valence-corrected chi connectivity index (χ2v) is 8.87. The highest BCUT2D eigenvalue weighted by Gasteiger charge is 2.26. The molecule has 3 rings (SSSR count). The molecule has 0 unspecified atom stereocenters. The highest BCUT2D eigenvalue weighted by Crippen LogP contribution is 2.24. The van der Waals surface area contributed by atoms with Gasteiger partial charge in [-0.05, 0) is 45.7 Å². The molecule has 0 saturated carbocycles. The number of nitrogens with zero attached hydrogens (tertiary/aromatic N) is 3. The molecule has 2 heterocycles. The number of para-hydroxylation sites is 2. The molecule has 0 radical (unpaired) electrons. The van der Waals surface area contributed by atoms with Crippen LogP contribution in [0.5, 0.6) is 0 Å². The van der Waals surface area contributed by atoms with Gasteiger partial charge in [0.05, 0.1) is 24.1 Å². The minimum absolute atomic E-state index is 0.0529. The maximum absolute atomic E-state index is 12.5. The first-order valence-corrected chi connectivity index (χ1v) is 10.1. The first kappa shape index (κ1) is 21.1. The number of fused-ring (bicyclic) bond motifs is 1. The number of likely N-dealkylation sites (N-methyl/N-ethyl adjacent to an activating group) is 1. The van der Waals surface area contributed by atoms with Crippen LogP contribution in [0.2, 0.25) is 0 Å². The van der Waals surface area contributed by atoms with Crippen molar-refractivity contribution < 1.29 is 9.59 Å². The van der Waals surface area contributed by atoms with Crippen molar-refractivity contribution in [2.24, 2.45) is 0 Å². The molecule has 158 valence electrons. The van der Waals surface area contributed by atoms with Gasteiger partial charge < -0.3 is 15.2 Å². The van der Waals surface area contributed by atoms with E-state index < -0.39 is 0 Å². The summed E-state index contributed by atoms with van der Waals surface area (Å²) < 4.78 is 1.84. The number of likely N-dealkylation sites (tertiary alicyclic amines) is 1. The number of H-pyrrole nitrogens is 1. The third kappa shape index (κ3) is 5.26. The standard InChI is InChI=1S/C21H31N5O3/c1-21(2,3)23-18(27)13-24(4)19(28)14-25-11-9-15(10-12-25)26-17-8-6-5-7-16(17)22-20(26)29/h5-8,15H,9-14H2,1-4H3,(H,22,29)(H,23,27). The summed E-state index contributed by atoms with van der Waals surface area (Å²) in [5, 5.41) is 2.87. The highest BCUT2D eigenvalue weighted by molar-refractivity contribution is 5.85. The van der Waals surface area contributed by atoms with Crippen LogP contribution < -0.4 is 11.0 Å². The van der Waals surface area contributed by atoms with Crippen LogP contribution in [0, 0.1) is 0 Å². The van der Waals surface area contributed by atoms with Gasteiger partial charge in [-0.2, -0.15) is 0 Å². The topological polar surface area (TPSA) is 90.4 Å². The Labute approximate surface area is 170 Å². The van der Waals surface area contributed by atoms with Gasteiger partial charge in [0, 0.05) is 31.7 Å². The number of amides is 2. The number of carbonyl (C=O) groups is 2. The molecule has 2 aromatic rings. The second-order valence-electron chi connectivity index (χ2n) is 8.87. The van der Waals surface area contributed by atoms with Gasteiger partial charge >= 0.3 is 5.69 Å². The maximum Gasteiger partial charge on any atom is 0.326 e. The molecule has 2 amide bonds. The number of nitrogens with one attached hydrogen (secondary N) is 2. The largest absolute Gasteiger partial charge is 0.350 e. The molecule has 29 heavy (non-hydrogen) atoms. The van der Waals surface area contributed by atoms with E-state index in [-0.39, 0.29) is 42.2 Å². The number of rotatable bonds is 5. The lowest BCUT2D eigenvalue weighted by Gasteiger charge is -2.33. The number of carbonyl (C=O) groups excluding carboxylic acids is 2. The van der Waals surface area contributed by atoms with Crippen LogP contribution in [0.3, 0.4) is 0 Å². The van der Waals surface area contributed by atoms with Gasteiger partial charge in [-0.25, -0.2) is 4.79 Å². The SMILES string of the molecule is CN(CC(=O)NC(C)(C)C)C(=O)CN1CCC(n2c(=O)[nH]c3ccccc32)CC1. The molecule has 0 bridgehead atoms. The van der Waals surface area contributed by atoms with E-state index in [0.717, 1.165) is 37.0 Å². The smallest absolute Gasteiger partial charge is 0.326 e. The van der Waals surface area contributed by atoms with E-state index in [2.05, 4.69) is 15.2 Å². The molecule has 1 aliphatic heterocycles. The van der Waals surface area contributed by atoms with Crippen LogP contribution in [-0.4, -0.2) is 69.9 Å².